The molecule has 0 bridgehead atoms. The maximum atomic E-state index is 6.05. The molecule has 1 heterocycles. The standard InChI is InChI=1S/C17H24N4/c1-10-7-8-11(2)13(9-10)19-15-12(3)14(18)20-16(21-15)17(4,5)6/h7-9H,1-6H3,(H3,18,19,20,21). The number of rotatable bonds is 2. The van der Waals surface area contributed by atoms with Gasteiger partial charge in [-0.15, -0.1) is 0 Å². The van der Waals surface area contributed by atoms with Crippen molar-refractivity contribution in [2.75, 3.05) is 11.1 Å². The van der Waals surface area contributed by atoms with Gasteiger partial charge in [-0.25, -0.2) is 9.97 Å². The fourth-order valence-corrected chi connectivity index (χ4v) is 1.99. The molecule has 0 spiro atoms. The van der Waals surface area contributed by atoms with E-state index in [0.29, 0.717) is 5.82 Å². The fourth-order valence-electron chi connectivity index (χ4n) is 1.99. The van der Waals surface area contributed by atoms with E-state index in [1.807, 2.05) is 6.92 Å². The predicted octanol–water partition coefficient (Wildman–Crippen LogP) is 4.03. The first kappa shape index (κ1) is 15.3. The summed E-state index contributed by atoms with van der Waals surface area (Å²) in [5.74, 6) is 2.06. The van der Waals surface area contributed by atoms with Crippen LogP contribution in [0, 0.1) is 20.8 Å². The number of nitrogen functional groups attached to an aromatic ring is 1. The van der Waals surface area contributed by atoms with Crippen LogP contribution >= 0.6 is 0 Å². The topological polar surface area (TPSA) is 63.8 Å². The number of aromatic nitrogens is 2. The molecule has 1 aromatic heterocycles. The highest BCUT2D eigenvalue weighted by Crippen LogP contribution is 2.28. The first-order valence-corrected chi connectivity index (χ1v) is 7.17. The minimum Gasteiger partial charge on any atom is -0.383 e. The van der Waals surface area contributed by atoms with Gasteiger partial charge < -0.3 is 11.1 Å². The average Bonchev–Trinajstić information content (AvgIpc) is 2.37. The van der Waals surface area contributed by atoms with Crippen LogP contribution in [-0.4, -0.2) is 9.97 Å². The van der Waals surface area contributed by atoms with Crippen molar-refractivity contribution < 1.29 is 0 Å². The Bertz CT molecular complexity index is 669. The van der Waals surface area contributed by atoms with Crippen LogP contribution in [-0.2, 0) is 5.41 Å². The van der Waals surface area contributed by atoms with Crippen LogP contribution in [0.3, 0.4) is 0 Å². The largest absolute Gasteiger partial charge is 0.383 e. The van der Waals surface area contributed by atoms with E-state index >= 15 is 0 Å². The van der Waals surface area contributed by atoms with Crippen molar-refractivity contribution in [2.45, 2.75) is 47.0 Å². The molecular weight excluding hydrogens is 260 g/mol. The minimum absolute atomic E-state index is 0.139. The predicted molar refractivity (Wildman–Crippen MR) is 89.1 cm³/mol. The van der Waals surface area contributed by atoms with Crippen molar-refractivity contribution in [3.05, 3.63) is 40.7 Å². The number of anilines is 3. The van der Waals surface area contributed by atoms with Gasteiger partial charge >= 0.3 is 0 Å². The Morgan fingerprint density at radius 1 is 1.05 bits per heavy atom. The number of nitrogens with one attached hydrogen (secondary N) is 1. The van der Waals surface area contributed by atoms with Crippen LogP contribution in [0.5, 0.6) is 0 Å². The highest BCUT2D eigenvalue weighted by atomic mass is 15.1. The lowest BCUT2D eigenvalue weighted by Crippen LogP contribution is -2.19. The molecule has 0 radical (unpaired) electrons. The highest BCUT2D eigenvalue weighted by Gasteiger charge is 2.20. The maximum Gasteiger partial charge on any atom is 0.139 e. The summed E-state index contributed by atoms with van der Waals surface area (Å²) in [6.45, 7) is 12.3. The van der Waals surface area contributed by atoms with Gasteiger partial charge in [-0.3, -0.25) is 0 Å². The molecule has 4 nitrogen and oxygen atoms in total. The maximum absolute atomic E-state index is 6.05. The van der Waals surface area contributed by atoms with Crippen molar-refractivity contribution >= 4 is 17.3 Å². The zero-order chi connectivity index (χ0) is 15.8. The Morgan fingerprint density at radius 2 is 1.71 bits per heavy atom. The molecule has 0 aliphatic rings. The summed E-state index contributed by atoms with van der Waals surface area (Å²) in [7, 11) is 0. The van der Waals surface area contributed by atoms with Crippen molar-refractivity contribution in [1.29, 1.82) is 0 Å². The third kappa shape index (κ3) is 3.32. The third-order valence-corrected chi connectivity index (χ3v) is 3.50. The van der Waals surface area contributed by atoms with Gasteiger partial charge in [0, 0.05) is 16.7 Å². The first-order valence-electron chi connectivity index (χ1n) is 7.17. The molecule has 0 saturated carbocycles. The van der Waals surface area contributed by atoms with Gasteiger partial charge in [0.25, 0.3) is 0 Å². The van der Waals surface area contributed by atoms with E-state index in [4.69, 9.17) is 5.73 Å². The molecule has 0 fully saturated rings. The van der Waals surface area contributed by atoms with Gasteiger partial charge in [-0.05, 0) is 38.0 Å². The summed E-state index contributed by atoms with van der Waals surface area (Å²) in [6.07, 6.45) is 0. The van der Waals surface area contributed by atoms with E-state index in [1.165, 1.54) is 11.1 Å². The molecule has 4 heteroatoms. The smallest absolute Gasteiger partial charge is 0.139 e. The minimum atomic E-state index is -0.139. The van der Waals surface area contributed by atoms with Crippen LogP contribution in [0.15, 0.2) is 18.2 Å². The number of hydrogen-bond acceptors (Lipinski definition) is 4. The first-order chi connectivity index (χ1) is 9.68. The molecular formula is C17H24N4. The summed E-state index contributed by atoms with van der Waals surface area (Å²) < 4.78 is 0. The summed E-state index contributed by atoms with van der Waals surface area (Å²) in [5, 5.41) is 3.40. The molecule has 2 rings (SSSR count). The zero-order valence-electron chi connectivity index (χ0n) is 13.7. The molecule has 0 aliphatic heterocycles. The van der Waals surface area contributed by atoms with Crippen molar-refractivity contribution in [1.82, 2.24) is 9.97 Å². The van der Waals surface area contributed by atoms with E-state index in [9.17, 15) is 0 Å². The number of aryl methyl sites for hydroxylation is 2. The van der Waals surface area contributed by atoms with Gasteiger partial charge in [0.15, 0.2) is 0 Å². The fraction of sp³-hybridized carbons (Fsp3) is 0.412. The SMILES string of the molecule is Cc1ccc(C)c(Nc2nc(C(C)(C)C)nc(N)c2C)c1. The van der Waals surface area contributed by atoms with Crippen molar-refractivity contribution in [3.63, 3.8) is 0 Å². The van der Waals surface area contributed by atoms with Crippen molar-refractivity contribution in [3.8, 4) is 0 Å². The molecule has 0 atom stereocenters. The molecule has 2 aromatic rings. The van der Waals surface area contributed by atoms with Crippen LogP contribution in [0.4, 0.5) is 17.3 Å². The van der Waals surface area contributed by atoms with E-state index < -0.39 is 0 Å². The van der Waals surface area contributed by atoms with Gasteiger partial charge in [0.05, 0.1) is 0 Å². The summed E-state index contributed by atoms with van der Waals surface area (Å²) in [4.78, 5) is 9.08. The molecule has 1 aromatic carbocycles. The second-order valence-corrected chi connectivity index (χ2v) is 6.60. The second kappa shape index (κ2) is 5.35. The Kier molecular flexibility index (Phi) is 3.90. The molecule has 21 heavy (non-hydrogen) atoms. The monoisotopic (exact) mass is 284 g/mol. The van der Waals surface area contributed by atoms with Crippen LogP contribution < -0.4 is 11.1 Å². The molecule has 0 unspecified atom stereocenters. The van der Waals surface area contributed by atoms with E-state index in [1.54, 1.807) is 0 Å². The molecule has 3 N–H and O–H groups in total. The Hall–Kier alpha value is -2.10. The summed E-state index contributed by atoms with van der Waals surface area (Å²) >= 11 is 0. The van der Waals surface area contributed by atoms with E-state index in [-0.39, 0.29) is 5.41 Å². The summed E-state index contributed by atoms with van der Waals surface area (Å²) in [6, 6.07) is 6.31. The number of nitrogens with two attached hydrogens (primary N) is 1. The lowest BCUT2D eigenvalue weighted by Gasteiger charge is -2.20. The van der Waals surface area contributed by atoms with Crippen LogP contribution in [0.1, 0.15) is 43.3 Å². The van der Waals surface area contributed by atoms with Gasteiger partial charge in [-0.1, -0.05) is 32.9 Å². The molecule has 0 aliphatic carbocycles. The zero-order valence-corrected chi connectivity index (χ0v) is 13.7. The molecule has 0 amide bonds. The van der Waals surface area contributed by atoms with Crippen LogP contribution in [0.25, 0.3) is 0 Å². The normalized spacial score (nSPS) is 11.5. The number of hydrogen-bond donors (Lipinski definition) is 2. The average molecular weight is 284 g/mol. The van der Waals surface area contributed by atoms with E-state index in [0.717, 1.165) is 22.9 Å². The Labute approximate surface area is 126 Å². The number of benzene rings is 1. The molecule has 112 valence electrons. The van der Waals surface area contributed by atoms with Gasteiger partial charge in [0.1, 0.15) is 17.5 Å². The lowest BCUT2D eigenvalue weighted by atomic mass is 9.95. The van der Waals surface area contributed by atoms with Gasteiger partial charge in [-0.2, -0.15) is 0 Å². The van der Waals surface area contributed by atoms with Gasteiger partial charge in [0.2, 0.25) is 0 Å². The number of nitrogens with zero attached hydrogens (tertiary/aromatic N) is 2. The highest BCUT2D eigenvalue weighted by molar-refractivity contribution is 5.66. The summed E-state index contributed by atoms with van der Waals surface area (Å²) in [5.41, 5.74) is 10.2. The quantitative estimate of drug-likeness (QED) is 0.874. The molecule has 0 saturated heterocycles. The lowest BCUT2D eigenvalue weighted by molar-refractivity contribution is 0.546. The Morgan fingerprint density at radius 3 is 2.33 bits per heavy atom. The van der Waals surface area contributed by atoms with E-state index in [2.05, 4.69) is 68.1 Å². The second-order valence-electron chi connectivity index (χ2n) is 6.60. The third-order valence-electron chi connectivity index (χ3n) is 3.50. The van der Waals surface area contributed by atoms with Crippen molar-refractivity contribution in [2.24, 2.45) is 0 Å². The van der Waals surface area contributed by atoms with Crippen LogP contribution in [0.2, 0.25) is 0 Å². The Balaban J connectivity index is 2.49.